The van der Waals surface area contributed by atoms with Gasteiger partial charge in [0.15, 0.2) is 0 Å². The Labute approximate surface area is 311 Å². The van der Waals surface area contributed by atoms with Gasteiger partial charge in [0.1, 0.15) is 62.8 Å². The number of hydrogen-bond donors (Lipinski definition) is 0. The molecule has 0 saturated carbocycles. The van der Waals surface area contributed by atoms with E-state index in [2.05, 4.69) is 172 Å². The van der Waals surface area contributed by atoms with Gasteiger partial charge >= 0.3 is 0 Å². The molecule has 0 aliphatic rings. The molecular formula is C42H34B8S. The molecule has 0 fully saturated rings. The van der Waals surface area contributed by atoms with Gasteiger partial charge in [-0.2, -0.15) is 0 Å². The fourth-order valence-corrected chi connectivity index (χ4v) is 10.1. The van der Waals surface area contributed by atoms with Gasteiger partial charge in [-0.3, -0.25) is 0 Å². The molecule has 0 spiro atoms. The van der Waals surface area contributed by atoms with Gasteiger partial charge in [-0.05, 0) is 77.8 Å². The number of rotatable bonds is 3. The third-order valence-corrected chi connectivity index (χ3v) is 13.5. The second kappa shape index (κ2) is 11.9. The molecule has 0 saturated heterocycles. The molecule has 1 aromatic heterocycles. The molecule has 9 heteroatoms. The molecule has 8 aromatic carbocycles. The van der Waals surface area contributed by atoms with E-state index in [9.17, 15) is 0 Å². The highest BCUT2D eigenvalue weighted by atomic mass is 32.1. The first-order chi connectivity index (χ1) is 24.7. The molecule has 0 aliphatic heterocycles. The summed E-state index contributed by atoms with van der Waals surface area (Å²) < 4.78 is 2.68. The highest BCUT2D eigenvalue weighted by Crippen LogP contribution is 2.44. The molecule has 0 N–H and O–H groups in total. The van der Waals surface area contributed by atoms with Gasteiger partial charge < -0.3 is 0 Å². The summed E-state index contributed by atoms with van der Waals surface area (Å²) in [6, 6.07) is 40.8. The molecule has 0 aliphatic carbocycles. The van der Waals surface area contributed by atoms with E-state index in [0.717, 1.165) is 0 Å². The van der Waals surface area contributed by atoms with Crippen LogP contribution < -0.4 is 43.7 Å². The summed E-state index contributed by atoms with van der Waals surface area (Å²) in [6.07, 6.45) is 0. The monoisotopic (exact) mass is 658 g/mol. The molecule has 0 bridgehead atoms. The zero-order valence-electron chi connectivity index (χ0n) is 30.8. The summed E-state index contributed by atoms with van der Waals surface area (Å²) in [5, 5.41) is 10.8. The van der Waals surface area contributed by atoms with E-state index in [1.165, 1.54) is 130 Å². The standard InChI is InChI=1S/C42H34B8S/c43-35-31-28(21-17-15-20(16-18-21)23-11-6-14-27-29(23)25-10-3-4-13-26(25)51-27)32-34(38(46)42(50)40(48)36(32)44)30(33(31)37(45)41(49)39(35)47)24-12-5-8-19-7-1-2-9-22(19)24/h1-18H,43-50H2. The Morgan fingerprint density at radius 2 is 0.765 bits per heavy atom. The Balaban J connectivity index is 1.43. The molecule has 232 valence electrons. The lowest BCUT2D eigenvalue weighted by atomic mass is 9.59. The Kier molecular flexibility index (Phi) is 7.53. The molecule has 0 nitrogen and oxygen atoms in total. The zero-order valence-corrected chi connectivity index (χ0v) is 31.6. The van der Waals surface area contributed by atoms with Gasteiger partial charge in [-0.1, -0.05) is 119 Å². The third kappa shape index (κ3) is 4.63. The summed E-state index contributed by atoms with van der Waals surface area (Å²) in [4.78, 5) is 0. The van der Waals surface area contributed by atoms with Crippen molar-refractivity contribution in [2.75, 3.05) is 0 Å². The first kappa shape index (κ1) is 32.2. The third-order valence-electron chi connectivity index (χ3n) is 12.3. The van der Waals surface area contributed by atoms with Gasteiger partial charge in [0.25, 0.3) is 0 Å². The minimum absolute atomic E-state index is 1.26. The van der Waals surface area contributed by atoms with Crippen molar-refractivity contribution in [3.05, 3.63) is 109 Å². The Morgan fingerprint density at radius 1 is 0.314 bits per heavy atom. The first-order valence-electron chi connectivity index (χ1n) is 18.1. The average Bonchev–Trinajstić information content (AvgIpc) is 3.55. The quantitative estimate of drug-likeness (QED) is 0.162. The van der Waals surface area contributed by atoms with E-state index in [4.69, 9.17) is 0 Å². The number of fused-ring (bicyclic) bond motifs is 6. The Hall–Kier alpha value is -4.72. The molecule has 51 heavy (non-hydrogen) atoms. The molecular weight excluding hydrogens is 623 g/mol. The van der Waals surface area contributed by atoms with Gasteiger partial charge in [-0.15, -0.1) is 33.2 Å². The van der Waals surface area contributed by atoms with Crippen LogP contribution in [0.25, 0.3) is 85.9 Å². The molecule has 9 aromatic rings. The van der Waals surface area contributed by atoms with Gasteiger partial charge in [0.05, 0.1) is 0 Å². The second-order valence-electron chi connectivity index (χ2n) is 14.6. The second-order valence-corrected chi connectivity index (χ2v) is 15.7. The highest BCUT2D eigenvalue weighted by Gasteiger charge is 2.25. The fraction of sp³-hybridized carbons (Fsp3) is 0. The molecule has 0 unspecified atom stereocenters. The predicted octanol–water partition coefficient (Wildman–Crippen LogP) is -1.42. The van der Waals surface area contributed by atoms with Crippen LogP contribution in [0.1, 0.15) is 0 Å². The average molecular weight is 657 g/mol. The fourth-order valence-electron chi connectivity index (χ4n) is 8.96. The minimum atomic E-state index is 1.26. The van der Waals surface area contributed by atoms with Crippen LogP contribution in [-0.4, -0.2) is 62.8 Å². The predicted molar refractivity (Wildman–Crippen MR) is 254 cm³/mol. The van der Waals surface area contributed by atoms with Crippen LogP contribution in [0.4, 0.5) is 0 Å². The summed E-state index contributed by atoms with van der Waals surface area (Å²) in [7, 11) is 18.7. The van der Waals surface area contributed by atoms with Gasteiger partial charge in [-0.25, -0.2) is 0 Å². The Bertz CT molecular complexity index is 2860. The normalized spacial score (nSPS) is 11.8. The molecule has 0 radical (unpaired) electrons. The number of hydrogen-bond acceptors (Lipinski definition) is 1. The van der Waals surface area contributed by atoms with Crippen molar-refractivity contribution in [1.29, 1.82) is 0 Å². The van der Waals surface area contributed by atoms with Crippen molar-refractivity contribution in [3.63, 3.8) is 0 Å². The van der Waals surface area contributed by atoms with E-state index in [0.29, 0.717) is 0 Å². The summed E-state index contributed by atoms with van der Waals surface area (Å²) in [6.45, 7) is 0. The van der Waals surface area contributed by atoms with Crippen LogP contribution in [-0.2, 0) is 0 Å². The van der Waals surface area contributed by atoms with Crippen LogP contribution >= 0.6 is 11.3 Å². The van der Waals surface area contributed by atoms with Crippen molar-refractivity contribution in [2.45, 2.75) is 0 Å². The minimum Gasteiger partial charge on any atom is -0.135 e. The maximum absolute atomic E-state index is 2.39. The van der Waals surface area contributed by atoms with Crippen LogP contribution in [0.3, 0.4) is 0 Å². The van der Waals surface area contributed by atoms with Crippen molar-refractivity contribution in [2.24, 2.45) is 0 Å². The van der Waals surface area contributed by atoms with Crippen molar-refractivity contribution in [1.82, 2.24) is 0 Å². The van der Waals surface area contributed by atoms with E-state index < -0.39 is 0 Å². The van der Waals surface area contributed by atoms with Crippen LogP contribution in [0.2, 0.25) is 0 Å². The van der Waals surface area contributed by atoms with Crippen molar-refractivity contribution < 1.29 is 0 Å². The van der Waals surface area contributed by atoms with E-state index >= 15 is 0 Å². The maximum atomic E-state index is 2.39. The molecule has 0 amide bonds. The van der Waals surface area contributed by atoms with E-state index in [1.807, 2.05) is 11.3 Å². The largest absolute Gasteiger partial charge is 0.139 e. The topological polar surface area (TPSA) is 0 Å². The first-order valence-corrected chi connectivity index (χ1v) is 18.9. The lowest BCUT2D eigenvalue weighted by molar-refractivity contribution is 1.66. The summed E-state index contributed by atoms with van der Waals surface area (Å²) in [5.41, 5.74) is 18.9. The van der Waals surface area contributed by atoms with Crippen molar-refractivity contribution in [3.8, 4) is 33.4 Å². The summed E-state index contributed by atoms with van der Waals surface area (Å²) in [5.74, 6) is 0. The summed E-state index contributed by atoms with van der Waals surface area (Å²) >= 11 is 1.88. The van der Waals surface area contributed by atoms with Gasteiger partial charge in [0.2, 0.25) is 0 Å². The van der Waals surface area contributed by atoms with E-state index in [-0.39, 0.29) is 0 Å². The number of thiophene rings is 1. The molecule has 0 atom stereocenters. The lowest BCUT2D eigenvalue weighted by Gasteiger charge is -2.28. The van der Waals surface area contributed by atoms with Crippen LogP contribution in [0.15, 0.2) is 109 Å². The van der Waals surface area contributed by atoms with Gasteiger partial charge in [0, 0.05) is 20.2 Å². The van der Waals surface area contributed by atoms with Crippen molar-refractivity contribution >= 4 is 170 Å². The lowest BCUT2D eigenvalue weighted by Crippen LogP contribution is -2.50. The molecule has 1 heterocycles. The van der Waals surface area contributed by atoms with Crippen LogP contribution in [0.5, 0.6) is 0 Å². The highest BCUT2D eigenvalue weighted by molar-refractivity contribution is 7.26. The number of benzene rings is 8. The van der Waals surface area contributed by atoms with Crippen LogP contribution in [0, 0.1) is 0 Å². The zero-order chi connectivity index (χ0) is 35.3. The Morgan fingerprint density at radius 3 is 1.39 bits per heavy atom. The molecule has 9 rings (SSSR count). The maximum Gasteiger partial charge on any atom is 0.139 e. The SMILES string of the molecule is Bc1c(B)c(B)c2c(-c3cccc4ccccc34)c3c(B)c(B)c(B)c(B)c3c(-c3ccc(-c4cccc5sc6ccccc6c45)cc3)c2c1B. The smallest absolute Gasteiger partial charge is 0.135 e. The van der Waals surface area contributed by atoms with E-state index in [1.54, 1.807) is 0 Å².